The van der Waals surface area contributed by atoms with Crippen LogP contribution >= 0.6 is 0 Å². The van der Waals surface area contributed by atoms with E-state index >= 15 is 0 Å². The molecule has 26 heavy (non-hydrogen) atoms. The second kappa shape index (κ2) is 7.29. The SMILES string of the molecule is CC(C)COC[C@@H]1CN(Cc2ccc3c(c2)OCO3)Cc2ncn(C)c21. The van der Waals surface area contributed by atoms with Gasteiger partial charge in [0.2, 0.25) is 6.79 Å². The summed E-state index contributed by atoms with van der Waals surface area (Å²) in [6.07, 6.45) is 1.92. The molecule has 0 unspecified atom stereocenters. The molecule has 0 spiro atoms. The molecule has 4 rings (SSSR count). The molecule has 0 aliphatic carbocycles. The Morgan fingerprint density at radius 1 is 1.27 bits per heavy atom. The largest absolute Gasteiger partial charge is 0.454 e. The highest BCUT2D eigenvalue weighted by atomic mass is 16.7. The molecule has 1 aromatic carbocycles. The van der Waals surface area contributed by atoms with Gasteiger partial charge in [0.1, 0.15) is 0 Å². The van der Waals surface area contributed by atoms with Gasteiger partial charge in [-0.3, -0.25) is 4.90 Å². The summed E-state index contributed by atoms with van der Waals surface area (Å²) in [5, 5.41) is 0. The summed E-state index contributed by atoms with van der Waals surface area (Å²) in [6.45, 7) is 8.92. The zero-order valence-corrected chi connectivity index (χ0v) is 15.8. The van der Waals surface area contributed by atoms with Crippen molar-refractivity contribution in [1.29, 1.82) is 0 Å². The fraction of sp³-hybridized carbons (Fsp3) is 0.550. The molecule has 0 saturated heterocycles. The van der Waals surface area contributed by atoms with E-state index in [-0.39, 0.29) is 0 Å². The van der Waals surface area contributed by atoms with Crippen LogP contribution in [0.3, 0.4) is 0 Å². The van der Waals surface area contributed by atoms with E-state index in [9.17, 15) is 0 Å². The van der Waals surface area contributed by atoms with Crippen molar-refractivity contribution >= 4 is 0 Å². The number of imidazole rings is 1. The number of rotatable bonds is 6. The molecule has 0 bridgehead atoms. The Bertz CT molecular complexity index is 772. The minimum absolute atomic E-state index is 0.315. The fourth-order valence-electron chi connectivity index (χ4n) is 3.80. The predicted molar refractivity (Wildman–Crippen MR) is 98.3 cm³/mol. The molecule has 2 aliphatic rings. The van der Waals surface area contributed by atoms with Gasteiger partial charge in [-0.1, -0.05) is 19.9 Å². The summed E-state index contributed by atoms with van der Waals surface area (Å²) >= 11 is 0. The van der Waals surface area contributed by atoms with Crippen LogP contribution in [0.4, 0.5) is 0 Å². The van der Waals surface area contributed by atoms with Crippen molar-refractivity contribution in [3.8, 4) is 11.5 Å². The van der Waals surface area contributed by atoms with Crippen molar-refractivity contribution in [1.82, 2.24) is 14.5 Å². The summed E-state index contributed by atoms with van der Waals surface area (Å²) in [5.74, 6) is 2.57. The van der Waals surface area contributed by atoms with Crippen LogP contribution in [0.25, 0.3) is 0 Å². The molecule has 0 saturated carbocycles. The van der Waals surface area contributed by atoms with Crippen molar-refractivity contribution in [3.05, 3.63) is 41.5 Å². The van der Waals surface area contributed by atoms with E-state index in [0.29, 0.717) is 18.6 Å². The van der Waals surface area contributed by atoms with Crippen molar-refractivity contribution < 1.29 is 14.2 Å². The number of fused-ring (bicyclic) bond motifs is 2. The summed E-state index contributed by atoms with van der Waals surface area (Å²) in [4.78, 5) is 7.06. The molecule has 3 heterocycles. The van der Waals surface area contributed by atoms with Gasteiger partial charge in [0.15, 0.2) is 11.5 Å². The number of aryl methyl sites for hydroxylation is 1. The second-order valence-corrected chi connectivity index (χ2v) is 7.67. The summed E-state index contributed by atoms with van der Waals surface area (Å²) in [6, 6.07) is 6.20. The number of ether oxygens (including phenoxy) is 3. The van der Waals surface area contributed by atoms with E-state index in [0.717, 1.165) is 50.0 Å². The number of aromatic nitrogens is 2. The Labute approximate surface area is 154 Å². The van der Waals surface area contributed by atoms with E-state index in [1.807, 2.05) is 12.4 Å². The number of hydrogen-bond acceptors (Lipinski definition) is 5. The van der Waals surface area contributed by atoms with E-state index in [1.54, 1.807) is 0 Å². The summed E-state index contributed by atoms with van der Waals surface area (Å²) in [7, 11) is 2.08. The van der Waals surface area contributed by atoms with Gasteiger partial charge in [-0.2, -0.15) is 0 Å². The first-order valence-electron chi connectivity index (χ1n) is 9.29. The van der Waals surface area contributed by atoms with Crippen LogP contribution in [-0.2, 0) is 24.9 Å². The molecule has 0 radical (unpaired) electrons. The zero-order valence-electron chi connectivity index (χ0n) is 15.8. The molecule has 140 valence electrons. The van der Waals surface area contributed by atoms with Gasteiger partial charge in [-0.25, -0.2) is 4.98 Å². The first-order chi connectivity index (χ1) is 12.6. The lowest BCUT2D eigenvalue weighted by atomic mass is 9.98. The van der Waals surface area contributed by atoms with Crippen molar-refractivity contribution in [2.75, 3.05) is 26.6 Å². The summed E-state index contributed by atoms with van der Waals surface area (Å²) < 4.78 is 19.0. The molecule has 0 N–H and O–H groups in total. The van der Waals surface area contributed by atoms with Crippen LogP contribution in [0.15, 0.2) is 24.5 Å². The van der Waals surface area contributed by atoms with Gasteiger partial charge in [0.05, 0.1) is 18.6 Å². The minimum atomic E-state index is 0.315. The maximum atomic E-state index is 5.97. The average Bonchev–Trinajstić information content (AvgIpc) is 3.21. The maximum absolute atomic E-state index is 5.97. The molecule has 0 fully saturated rings. The molecule has 0 amide bonds. The third kappa shape index (κ3) is 3.57. The molecule has 1 aromatic heterocycles. The third-order valence-corrected chi connectivity index (χ3v) is 4.91. The van der Waals surface area contributed by atoms with Gasteiger partial charge >= 0.3 is 0 Å². The van der Waals surface area contributed by atoms with Gasteiger partial charge < -0.3 is 18.8 Å². The van der Waals surface area contributed by atoms with E-state index in [2.05, 4.69) is 47.5 Å². The lowest BCUT2D eigenvalue weighted by Crippen LogP contribution is -2.36. The molecular formula is C20H27N3O3. The predicted octanol–water partition coefficient (Wildman–Crippen LogP) is 2.92. The maximum Gasteiger partial charge on any atom is 0.231 e. The topological polar surface area (TPSA) is 48.8 Å². The molecule has 6 heteroatoms. The number of nitrogens with zero attached hydrogens (tertiary/aromatic N) is 3. The Morgan fingerprint density at radius 2 is 2.12 bits per heavy atom. The van der Waals surface area contributed by atoms with Crippen LogP contribution in [0.2, 0.25) is 0 Å². The van der Waals surface area contributed by atoms with Crippen LogP contribution in [0.1, 0.15) is 36.7 Å². The van der Waals surface area contributed by atoms with E-state index in [1.165, 1.54) is 11.3 Å². The lowest BCUT2D eigenvalue weighted by molar-refractivity contribution is 0.0768. The Morgan fingerprint density at radius 3 is 2.96 bits per heavy atom. The third-order valence-electron chi connectivity index (χ3n) is 4.91. The first-order valence-corrected chi connectivity index (χ1v) is 9.29. The highest BCUT2D eigenvalue weighted by Gasteiger charge is 2.29. The van der Waals surface area contributed by atoms with E-state index in [4.69, 9.17) is 14.2 Å². The highest BCUT2D eigenvalue weighted by Crippen LogP contribution is 2.34. The highest BCUT2D eigenvalue weighted by molar-refractivity contribution is 5.44. The van der Waals surface area contributed by atoms with Crippen LogP contribution in [0.5, 0.6) is 11.5 Å². The van der Waals surface area contributed by atoms with Gasteiger partial charge in [-0.05, 0) is 23.6 Å². The molecule has 1 atom stereocenters. The van der Waals surface area contributed by atoms with Crippen molar-refractivity contribution in [3.63, 3.8) is 0 Å². The number of hydrogen-bond donors (Lipinski definition) is 0. The van der Waals surface area contributed by atoms with E-state index < -0.39 is 0 Å². The van der Waals surface area contributed by atoms with Crippen molar-refractivity contribution in [2.24, 2.45) is 13.0 Å². The van der Waals surface area contributed by atoms with Crippen LogP contribution < -0.4 is 9.47 Å². The molecular weight excluding hydrogens is 330 g/mol. The average molecular weight is 357 g/mol. The summed E-state index contributed by atoms with van der Waals surface area (Å²) in [5.41, 5.74) is 3.71. The zero-order chi connectivity index (χ0) is 18.1. The monoisotopic (exact) mass is 357 g/mol. The Balaban J connectivity index is 1.47. The van der Waals surface area contributed by atoms with Crippen LogP contribution in [0, 0.1) is 5.92 Å². The molecule has 2 aromatic rings. The first kappa shape index (κ1) is 17.4. The quantitative estimate of drug-likeness (QED) is 0.796. The lowest BCUT2D eigenvalue weighted by Gasteiger charge is -2.33. The molecule has 2 aliphatic heterocycles. The Hall–Kier alpha value is -2.05. The smallest absolute Gasteiger partial charge is 0.231 e. The standard InChI is InChI=1S/C20H27N3O3/c1-14(2)10-24-11-16-8-23(9-17-20(16)22(3)12-21-17)7-15-4-5-18-19(6-15)26-13-25-18/h4-6,12,14,16H,7-11,13H2,1-3H3/t16-/m0/s1. The normalized spacial score (nSPS) is 19.2. The van der Waals surface area contributed by atoms with Gasteiger partial charge in [-0.15, -0.1) is 0 Å². The van der Waals surface area contributed by atoms with Crippen LogP contribution in [-0.4, -0.2) is 41.0 Å². The van der Waals surface area contributed by atoms with Crippen molar-refractivity contribution in [2.45, 2.75) is 32.9 Å². The minimum Gasteiger partial charge on any atom is -0.454 e. The molecule has 6 nitrogen and oxygen atoms in total. The van der Waals surface area contributed by atoms with Gasteiger partial charge in [0, 0.05) is 44.9 Å². The number of benzene rings is 1. The fourth-order valence-corrected chi connectivity index (χ4v) is 3.80. The van der Waals surface area contributed by atoms with Gasteiger partial charge in [0.25, 0.3) is 0 Å². The second-order valence-electron chi connectivity index (χ2n) is 7.67. The Kier molecular flexibility index (Phi) is 4.87.